The Bertz CT molecular complexity index is 1670. The van der Waals surface area contributed by atoms with E-state index < -0.39 is 11.6 Å². The fourth-order valence-corrected chi connectivity index (χ4v) is 4.57. The number of nitrogens with one attached hydrogen (secondary N) is 1. The molecular weight excluding hydrogens is 556 g/mol. The molecule has 0 saturated carbocycles. The number of carbonyl (C=O) groups is 3. The molecule has 8 heteroatoms. The molecule has 1 N–H and O–H groups in total. The van der Waals surface area contributed by atoms with Crippen LogP contribution < -0.4 is 14.8 Å². The zero-order valence-electron chi connectivity index (χ0n) is 25.8. The zero-order chi connectivity index (χ0) is 31.7. The third kappa shape index (κ3) is 8.77. The van der Waals surface area contributed by atoms with E-state index in [2.05, 4.69) is 5.32 Å². The molecule has 8 nitrogen and oxygen atoms in total. The van der Waals surface area contributed by atoms with E-state index in [-0.39, 0.29) is 24.5 Å². The number of rotatable bonds is 12. The highest BCUT2D eigenvalue weighted by Gasteiger charge is 2.16. The van der Waals surface area contributed by atoms with Crippen LogP contribution in [-0.2, 0) is 14.3 Å². The first-order valence-corrected chi connectivity index (χ1v) is 14.7. The van der Waals surface area contributed by atoms with E-state index >= 15 is 0 Å². The molecule has 0 aliphatic rings. The average Bonchev–Trinajstić information content (AvgIpc) is 2.99. The third-order valence-corrected chi connectivity index (χ3v) is 6.45. The van der Waals surface area contributed by atoms with Gasteiger partial charge in [-0.1, -0.05) is 42.5 Å². The first kappa shape index (κ1) is 31.9. The second-order valence-corrected chi connectivity index (χ2v) is 11.1. The van der Waals surface area contributed by atoms with Crippen LogP contribution in [0, 0.1) is 0 Å². The number of nitrogens with zero attached hydrogens (tertiary/aromatic N) is 1. The maximum Gasteiger partial charge on any atom is 0.331 e. The molecule has 4 rings (SSSR count). The van der Waals surface area contributed by atoms with Crippen LogP contribution in [0.5, 0.6) is 11.5 Å². The molecule has 0 unspecified atom stereocenters. The zero-order valence-corrected chi connectivity index (χ0v) is 25.8. The van der Waals surface area contributed by atoms with Gasteiger partial charge in [0.1, 0.15) is 11.4 Å². The van der Waals surface area contributed by atoms with E-state index in [1.165, 1.54) is 6.08 Å². The molecule has 1 heterocycles. The Morgan fingerprint density at radius 3 is 2.27 bits per heavy atom. The SMILES string of the molecule is CCOc1ccc(C(=O)CCC(=O)Nc2cc(-c3ccccc3)c3ccc(C=CC(=O)OC(C)(C)C)cc3n2)cc1OCC. The predicted molar refractivity (Wildman–Crippen MR) is 173 cm³/mol. The van der Waals surface area contributed by atoms with Crippen LogP contribution in [0.3, 0.4) is 0 Å². The Balaban J connectivity index is 1.54. The van der Waals surface area contributed by atoms with Gasteiger partial charge >= 0.3 is 5.97 Å². The first-order valence-electron chi connectivity index (χ1n) is 14.7. The number of benzene rings is 3. The molecule has 1 aromatic heterocycles. The minimum Gasteiger partial charge on any atom is -0.490 e. The van der Waals surface area contributed by atoms with Gasteiger partial charge in [-0.2, -0.15) is 0 Å². The Morgan fingerprint density at radius 2 is 1.57 bits per heavy atom. The Kier molecular flexibility index (Phi) is 10.5. The van der Waals surface area contributed by atoms with Crippen molar-refractivity contribution >= 4 is 40.5 Å². The maximum atomic E-state index is 13.0. The van der Waals surface area contributed by atoms with Crippen LogP contribution in [0.25, 0.3) is 28.1 Å². The Morgan fingerprint density at radius 1 is 0.841 bits per heavy atom. The van der Waals surface area contributed by atoms with Crippen molar-refractivity contribution in [2.45, 2.75) is 53.1 Å². The topological polar surface area (TPSA) is 104 Å². The molecule has 0 bridgehead atoms. The smallest absolute Gasteiger partial charge is 0.331 e. The number of aromatic nitrogens is 1. The summed E-state index contributed by atoms with van der Waals surface area (Å²) in [5, 5.41) is 3.75. The summed E-state index contributed by atoms with van der Waals surface area (Å²) in [6, 6.07) is 22.4. The van der Waals surface area contributed by atoms with Crippen molar-refractivity contribution in [2.24, 2.45) is 0 Å². The lowest BCUT2D eigenvalue weighted by Crippen LogP contribution is -2.22. The fraction of sp³-hybridized carbons (Fsp3) is 0.278. The monoisotopic (exact) mass is 594 g/mol. The van der Waals surface area contributed by atoms with Crippen LogP contribution in [0.15, 0.2) is 78.9 Å². The fourth-order valence-electron chi connectivity index (χ4n) is 4.57. The number of ketones is 1. The van der Waals surface area contributed by atoms with E-state index in [0.717, 1.165) is 22.1 Å². The number of amides is 1. The molecule has 3 aromatic carbocycles. The van der Waals surface area contributed by atoms with E-state index in [4.69, 9.17) is 19.2 Å². The van der Waals surface area contributed by atoms with Crippen molar-refractivity contribution in [3.63, 3.8) is 0 Å². The highest BCUT2D eigenvalue weighted by atomic mass is 16.6. The molecular formula is C36H38N2O6. The van der Waals surface area contributed by atoms with Gasteiger partial charge in [0.05, 0.1) is 18.7 Å². The summed E-state index contributed by atoms with van der Waals surface area (Å²) in [5.41, 5.74) is 3.11. The van der Waals surface area contributed by atoms with Crippen LogP contribution in [0.2, 0.25) is 0 Å². The summed E-state index contributed by atoms with van der Waals surface area (Å²) in [6.45, 7) is 10.1. The van der Waals surface area contributed by atoms with Crippen molar-refractivity contribution < 1.29 is 28.6 Å². The van der Waals surface area contributed by atoms with Crippen LogP contribution in [-0.4, -0.2) is 41.5 Å². The number of Topliss-reactive ketones (excluding diaryl/α,β-unsaturated/α-hetero) is 1. The lowest BCUT2D eigenvalue weighted by Gasteiger charge is -2.17. The van der Waals surface area contributed by atoms with Crippen molar-refractivity contribution in [2.75, 3.05) is 18.5 Å². The summed E-state index contributed by atoms with van der Waals surface area (Å²) in [5.74, 6) is 0.484. The van der Waals surface area contributed by atoms with Gasteiger partial charge in [-0.05, 0) is 87.7 Å². The van der Waals surface area contributed by atoms with Gasteiger partial charge in [-0.15, -0.1) is 0 Å². The number of ether oxygens (including phenoxy) is 3. The van der Waals surface area contributed by atoms with Crippen LogP contribution >= 0.6 is 0 Å². The average molecular weight is 595 g/mol. The molecule has 0 aliphatic carbocycles. The predicted octanol–water partition coefficient (Wildman–Crippen LogP) is 7.66. The van der Waals surface area contributed by atoms with Gasteiger partial charge in [0.25, 0.3) is 0 Å². The van der Waals surface area contributed by atoms with Crippen molar-refractivity contribution in [3.8, 4) is 22.6 Å². The number of hydrogen-bond acceptors (Lipinski definition) is 7. The number of hydrogen-bond donors (Lipinski definition) is 1. The van der Waals surface area contributed by atoms with E-state index in [1.807, 2.05) is 89.2 Å². The van der Waals surface area contributed by atoms with Gasteiger partial charge < -0.3 is 19.5 Å². The number of carbonyl (C=O) groups excluding carboxylic acids is 3. The Labute approximate surface area is 258 Å². The number of pyridine rings is 1. The van der Waals surface area contributed by atoms with E-state index in [9.17, 15) is 14.4 Å². The lowest BCUT2D eigenvalue weighted by atomic mass is 9.99. The normalized spacial score (nSPS) is 11.4. The molecule has 0 radical (unpaired) electrons. The molecule has 0 aliphatic heterocycles. The first-order chi connectivity index (χ1) is 21.1. The highest BCUT2D eigenvalue weighted by Crippen LogP contribution is 2.32. The minimum atomic E-state index is -0.588. The van der Waals surface area contributed by atoms with Gasteiger partial charge in [-0.25, -0.2) is 9.78 Å². The number of esters is 1. The van der Waals surface area contributed by atoms with E-state index in [0.29, 0.717) is 41.6 Å². The van der Waals surface area contributed by atoms with Gasteiger partial charge in [0.2, 0.25) is 5.91 Å². The summed E-state index contributed by atoms with van der Waals surface area (Å²) in [4.78, 5) is 42.8. The van der Waals surface area contributed by atoms with Crippen molar-refractivity contribution in [1.29, 1.82) is 0 Å². The molecule has 44 heavy (non-hydrogen) atoms. The van der Waals surface area contributed by atoms with E-state index in [1.54, 1.807) is 24.3 Å². The quantitative estimate of drug-likeness (QED) is 0.102. The molecule has 228 valence electrons. The second kappa shape index (κ2) is 14.5. The summed E-state index contributed by atoms with van der Waals surface area (Å²) in [7, 11) is 0. The highest BCUT2D eigenvalue weighted by molar-refractivity contribution is 6.02. The molecule has 0 spiro atoms. The summed E-state index contributed by atoms with van der Waals surface area (Å²) < 4.78 is 16.6. The number of fused-ring (bicyclic) bond motifs is 1. The van der Waals surface area contributed by atoms with Crippen molar-refractivity contribution in [3.05, 3.63) is 90.0 Å². The van der Waals surface area contributed by atoms with Crippen LogP contribution in [0.1, 0.15) is 63.4 Å². The molecule has 0 fully saturated rings. The maximum absolute atomic E-state index is 13.0. The standard InChI is InChI=1S/C36H38N2O6/c1-6-42-31-18-15-26(22-32(31)43-7-2)30(39)17-19-34(40)38-33-23-28(25-11-9-8-10-12-25)27-16-13-24(21-29(27)37-33)14-20-35(41)44-36(3,4)5/h8-16,18,20-23H,6-7,17,19H2,1-5H3,(H,37,38,40). The molecule has 4 aromatic rings. The minimum absolute atomic E-state index is 0.0180. The Hall–Kier alpha value is -4.98. The second-order valence-electron chi connectivity index (χ2n) is 11.1. The molecule has 0 atom stereocenters. The van der Waals surface area contributed by atoms with Gasteiger partial charge in [0.15, 0.2) is 17.3 Å². The largest absolute Gasteiger partial charge is 0.490 e. The van der Waals surface area contributed by atoms with Gasteiger partial charge in [0, 0.05) is 29.9 Å². The van der Waals surface area contributed by atoms with Crippen LogP contribution in [0.4, 0.5) is 5.82 Å². The third-order valence-electron chi connectivity index (χ3n) is 6.45. The van der Waals surface area contributed by atoms with Crippen molar-refractivity contribution in [1.82, 2.24) is 4.98 Å². The number of anilines is 1. The lowest BCUT2D eigenvalue weighted by molar-refractivity contribution is -0.148. The summed E-state index contributed by atoms with van der Waals surface area (Å²) >= 11 is 0. The molecule has 0 saturated heterocycles. The van der Waals surface area contributed by atoms with Gasteiger partial charge in [-0.3, -0.25) is 9.59 Å². The molecule has 1 amide bonds. The summed E-state index contributed by atoms with van der Waals surface area (Å²) in [6.07, 6.45) is 3.06.